The molecule has 0 saturated carbocycles. The maximum Gasteiger partial charge on any atom is 0.173 e. The molecule has 1 aliphatic rings. The summed E-state index contributed by atoms with van der Waals surface area (Å²) in [5.74, 6) is 1.73. The number of benzene rings is 2. The first-order valence-electron chi connectivity index (χ1n) is 11.8. The number of aryl methyl sites for hydroxylation is 2. The quantitative estimate of drug-likeness (QED) is 0.535. The molecule has 1 saturated heterocycles. The van der Waals surface area contributed by atoms with Crippen LogP contribution in [0.1, 0.15) is 55.7 Å². The van der Waals surface area contributed by atoms with Crippen LogP contribution in [0.5, 0.6) is 5.75 Å². The standard InChI is InChI=1S/C26H36N6O/c1-7-26(4,5)32-25(27-28-29-32)24(21-10-8-9-11-23(21)33-6)31-16-14-30(15-17-31)22-18-19(2)12-13-20(22)3/h8-13,18,24H,7,14-17H2,1-6H3/t24-/m0/s1. The summed E-state index contributed by atoms with van der Waals surface area (Å²) >= 11 is 0. The van der Waals surface area contributed by atoms with E-state index in [1.807, 2.05) is 16.8 Å². The minimum absolute atomic E-state index is 0.0808. The smallest absolute Gasteiger partial charge is 0.173 e. The average molecular weight is 449 g/mol. The van der Waals surface area contributed by atoms with E-state index in [1.54, 1.807) is 7.11 Å². The fraction of sp³-hybridized carbons (Fsp3) is 0.500. The van der Waals surface area contributed by atoms with E-state index in [4.69, 9.17) is 4.74 Å². The van der Waals surface area contributed by atoms with E-state index in [2.05, 4.69) is 90.3 Å². The van der Waals surface area contributed by atoms with E-state index in [1.165, 1.54) is 16.8 Å². The molecular weight excluding hydrogens is 412 g/mol. The zero-order valence-corrected chi connectivity index (χ0v) is 20.7. The number of para-hydroxylation sites is 1. The number of ether oxygens (including phenoxy) is 1. The van der Waals surface area contributed by atoms with Gasteiger partial charge in [-0.3, -0.25) is 4.90 Å². The number of tetrazole rings is 1. The van der Waals surface area contributed by atoms with E-state index in [-0.39, 0.29) is 11.6 Å². The van der Waals surface area contributed by atoms with Gasteiger partial charge in [-0.05, 0) is 67.8 Å². The molecule has 2 heterocycles. The van der Waals surface area contributed by atoms with E-state index in [0.717, 1.165) is 49.7 Å². The van der Waals surface area contributed by atoms with Crippen LogP contribution in [0.2, 0.25) is 0 Å². The van der Waals surface area contributed by atoms with Crippen LogP contribution in [0.15, 0.2) is 42.5 Å². The Kier molecular flexibility index (Phi) is 6.70. The molecule has 1 aliphatic heterocycles. The second-order valence-electron chi connectivity index (χ2n) is 9.57. The van der Waals surface area contributed by atoms with Crippen LogP contribution in [0.3, 0.4) is 0 Å². The van der Waals surface area contributed by atoms with Crippen LogP contribution in [-0.4, -0.2) is 58.4 Å². The Bertz CT molecular complexity index is 1080. The topological polar surface area (TPSA) is 59.3 Å². The van der Waals surface area contributed by atoms with E-state index in [0.29, 0.717) is 0 Å². The lowest BCUT2D eigenvalue weighted by Gasteiger charge is -2.41. The molecule has 0 unspecified atom stereocenters. The number of hydrogen-bond donors (Lipinski definition) is 0. The van der Waals surface area contributed by atoms with Gasteiger partial charge in [-0.25, -0.2) is 4.68 Å². The van der Waals surface area contributed by atoms with Crippen molar-refractivity contribution in [2.24, 2.45) is 0 Å². The minimum atomic E-state index is -0.181. The van der Waals surface area contributed by atoms with Crippen molar-refractivity contribution in [3.63, 3.8) is 0 Å². The van der Waals surface area contributed by atoms with Crippen LogP contribution in [0, 0.1) is 13.8 Å². The van der Waals surface area contributed by atoms with Gasteiger partial charge in [0.05, 0.1) is 12.6 Å². The summed E-state index contributed by atoms with van der Waals surface area (Å²) in [6.45, 7) is 14.6. The Morgan fingerprint density at radius 3 is 2.45 bits per heavy atom. The van der Waals surface area contributed by atoms with Gasteiger partial charge in [0.25, 0.3) is 0 Å². The van der Waals surface area contributed by atoms with Gasteiger partial charge in [0.15, 0.2) is 5.82 Å². The zero-order valence-electron chi connectivity index (χ0n) is 20.7. The Morgan fingerprint density at radius 2 is 1.76 bits per heavy atom. The highest BCUT2D eigenvalue weighted by molar-refractivity contribution is 5.55. The molecule has 1 atom stereocenters. The molecule has 4 rings (SSSR count). The van der Waals surface area contributed by atoms with Gasteiger partial charge in [0, 0.05) is 37.4 Å². The molecule has 176 valence electrons. The molecule has 0 bridgehead atoms. The van der Waals surface area contributed by atoms with Gasteiger partial charge in [-0.2, -0.15) is 0 Å². The normalized spacial score (nSPS) is 16.1. The van der Waals surface area contributed by atoms with E-state index < -0.39 is 0 Å². The molecule has 0 radical (unpaired) electrons. The Labute approximate surface area is 197 Å². The molecule has 33 heavy (non-hydrogen) atoms. The third-order valence-corrected chi connectivity index (χ3v) is 7.00. The second kappa shape index (κ2) is 9.51. The summed E-state index contributed by atoms with van der Waals surface area (Å²) in [4.78, 5) is 4.99. The number of anilines is 1. The Balaban J connectivity index is 1.69. The third kappa shape index (κ3) is 4.60. The highest BCUT2D eigenvalue weighted by Crippen LogP contribution is 2.36. The van der Waals surface area contributed by atoms with Crippen molar-refractivity contribution in [1.29, 1.82) is 0 Å². The lowest BCUT2D eigenvalue weighted by atomic mass is 9.98. The van der Waals surface area contributed by atoms with Gasteiger partial charge < -0.3 is 9.64 Å². The maximum absolute atomic E-state index is 5.77. The number of rotatable bonds is 7. The third-order valence-electron chi connectivity index (χ3n) is 7.00. The molecule has 0 amide bonds. The first-order valence-corrected chi connectivity index (χ1v) is 11.8. The predicted octanol–water partition coefficient (Wildman–Crippen LogP) is 4.36. The van der Waals surface area contributed by atoms with Gasteiger partial charge >= 0.3 is 0 Å². The number of methoxy groups -OCH3 is 1. The zero-order chi connectivity index (χ0) is 23.6. The number of aromatic nitrogens is 4. The van der Waals surface area contributed by atoms with Crippen molar-refractivity contribution in [1.82, 2.24) is 25.1 Å². The largest absolute Gasteiger partial charge is 0.496 e. The van der Waals surface area contributed by atoms with Crippen molar-refractivity contribution in [3.05, 3.63) is 65.0 Å². The van der Waals surface area contributed by atoms with Crippen molar-refractivity contribution in [3.8, 4) is 5.75 Å². The fourth-order valence-electron chi connectivity index (χ4n) is 4.62. The van der Waals surface area contributed by atoms with Crippen molar-refractivity contribution >= 4 is 5.69 Å². The number of nitrogens with zero attached hydrogens (tertiary/aromatic N) is 6. The van der Waals surface area contributed by atoms with Crippen LogP contribution in [-0.2, 0) is 5.54 Å². The minimum Gasteiger partial charge on any atom is -0.496 e. The molecule has 7 heteroatoms. The first kappa shape index (κ1) is 23.2. The Hall–Kier alpha value is -2.93. The molecule has 1 aromatic heterocycles. The lowest BCUT2D eigenvalue weighted by Crippen LogP contribution is -2.49. The first-order chi connectivity index (χ1) is 15.9. The summed E-state index contributed by atoms with van der Waals surface area (Å²) in [6.07, 6.45) is 0.935. The van der Waals surface area contributed by atoms with Gasteiger partial charge in [0.1, 0.15) is 11.8 Å². The second-order valence-corrected chi connectivity index (χ2v) is 9.57. The van der Waals surface area contributed by atoms with E-state index in [9.17, 15) is 0 Å². The van der Waals surface area contributed by atoms with Gasteiger partial charge in [-0.15, -0.1) is 5.10 Å². The lowest BCUT2D eigenvalue weighted by molar-refractivity contribution is 0.184. The summed E-state index contributed by atoms with van der Waals surface area (Å²) < 4.78 is 7.77. The predicted molar refractivity (Wildman–Crippen MR) is 132 cm³/mol. The number of piperazine rings is 1. The van der Waals surface area contributed by atoms with Crippen LogP contribution < -0.4 is 9.64 Å². The molecular formula is C26H36N6O. The number of hydrogen-bond acceptors (Lipinski definition) is 6. The van der Waals surface area contributed by atoms with Crippen molar-refractivity contribution in [2.75, 3.05) is 38.2 Å². The Morgan fingerprint density at radius 1 is 1.03 bits per heavy atom. The molecule has 2 aromatic carbocycles. The molecule has 0 N–H and O–H groups in total. The molecule has 0 spiro atoms. The van der Waals surface area contributed by atoms with Crippen molar-refractivity contribution in [2.45, 2.75) is 52.6 Å². The SMILES string of the molecule is CCC(C)(C)n1nnnc1[C@H](c1ccccc1OC)N1CCN(c2cc(C)ccc2C)CC1. The summed E-state index contributed by atoms with van der Waals surface area (Å²) in [5, 5.41) is 13.1. The highest BCUT2D eigenvalue weighted by Gasteiger charge is 2.35. The van der Waals surface area contributed by atoms with Crippen LogP contribution in [0.25, 0.3) is 0 Å². The molecule has 7 nitrogen and oxygen atoms in total. The van der Waals surface area contributed by atoms with Gasteiger partial charge in [0.2, 0.25) is 0 Å². The monoisotopic (exact) mass is 448 g/mol. The molecule has 3 aromatic rings. The maximum atomic E-state index is 5.77. The van der Waals surface area contributed by atoms with Crippen LogP contribution in [0.4, 0.5) is 5.69 Å². The highest BCUT2D eigenvalue weighted by atomic mass is 16.5. The van der Waals surface area contributed by atoms with Crippen LogP contribution >= 0.6 is 0 Å². The summed E-state index contributed by atoms with van der Waals surface area (Å²) in [5.41, 5.74) is 4.87. The summed E-state index contributed by atoms with van der Waals surface area (Å²) in [6, 6.07) is 14.9. The molecule has 1 fully saturated rings. The van der Waals surface area contributed by atoms with Crippen molar-refractivity contribution < 1.29 is 4.74 Å². The summed E-state index contributed by atoms with van der Waals surface area (Å²) in [7, 11) is 1.73. The fourth-order valence-corrected chi connectivity index (χ4v) is 4.62. The molecule has 0 aliphatic carbocycles. The average Bonchev–Trinajstić information content (AvgIpc) is 3.32. The van der Waals surface area contributed by atoms with E-state index >= 15 is 0 Å². The van der Waals surface area contributed by atoms with Gasteiger partial charge in [-0.1, -0.05) is 37.3 Å².